The van der Waals surface area contributed by atoms with E-state index in [1.165, 1.54) is 23.2 Å². The largest absolute Gasteiger partial charge is 0.351 e. The maximum atomic E-state index is 12.7. The Balaban J connectivity index is 1.54. The molecule has 0 spiro atoms. The Morgan fingerprint density at radius 1 is 1.24 bits per heavy atom. The molecule has 0 bridgehead atoms. The molecule has 0 fully saturated rings. The first-order valence-electron chi connectivity index (χ1n) is 9.61. The number of fused-ring (bicyclic) bond motifs is 1. The summed E-state index contributed by atoms with van der Waals surface area (Å²) in [4.78, 5) is 33.0. The van der Waals surface area contributed by atoms with E-state index in [0.29, 0.717) is 36.5 Å². The van der Waals surface area contributed by atoms with Crippen molar-refractivity contribution >= 4 is 23.0 Å². The van der Waals surface area contributed by atoms with Crippen molar-refractivity contribution in [3.63, 3.8) is 0 Å². The van der Waals surface area contributed by atoms with E-state index in [9.17, 15) is 9.59 Å². The predicted molar refractivity (Wildman–Crippen MR) is 114 cm³/mol. The maximum Gasteiger partial charge on any atom is 0.265 e. The number of carbonyl (C=O) groups excluding carboxylic acids is 1. The van der Waals surface area contributed by atoms with E-state index < -0.39 is 0 Å². The van der Waals surface area contributed by atoms with Gasteiger partial charge in [0.2, 0.25) is 5.91 Å². The Bertz CT molecular complexity index is 1060. The van der Waals surface area contributed by atoms with Crippen molar-refractivity contribution in [3.8, 4) is 0 Å². The smallest absolute Gasteiger partial charge is 0.265 e. The lowest BCUT2D eigenvalue weighted by atomic mass is 10.0. The average Bonchev–Trinajstić information content (AvgIpc) is 2.73. The number of nitrogens with one attached hydrogen (secondary N) is 2. The molecule has 1 amide bonds. The van der Waals surface area contributed by atoms with Gasteiger partial charge in [-0.15, -0.1) is 0 Å². The number of hydrogen-bond acceptors (Lipinski definition) is 5. The summed E-state index contributed by atoms with van der Waals surface area (Å²) < 4.78 is 1.33. The minimum absolute atomic E-state index is 0.195. The van der Waals surface area contributed by atoms with Crippen LogP contribution in [0.4, 0.5) is 0 Å². The van der Waals surface area contributed by atoms with Gasteiger partial charge >= 0.3 is 0 Å². The SMILES string of the molecule is CC(C)c1ccc2ncn(/C=C/C(=O)NCCNCc3cccnc3)c(=O)c2c1. The monoisotopic (exact) mass is 391 g/mol. The van der Waals surface area contributed by atoms with Gasteiger partial charge in [0.15, 0.2) is 0 Å². The van der Waals surface area contributed by atoms with Crippen molar-refractivity contribution in [3.05, 3.63) is 76.6 Å². The van der Waals surface area contributed by atoms with E-state index in [1.807, 2.05) is 30.3 Å². The molecule has 0 aliphatic heterocycles. The molecule has 1 aromatic carbocycles. The Hall–Kier alpha value is -3.32. The van der Waals surface area contributed by atoms with Gasteiger partial charge in [-0.2, -0.15) is 0 Å². The highest BCUT2D eigenvalue weighted by atomic mass is 16.1. The quantitative estimate of drug-likeness (QED) is 0.454. The van der Waals surface area contributed by atoms with Crippen LogP contribution < -0.4 is 16.2 Å². The van der Waals surface area contributed by atoms with Crippen LogP contribution in [0.2, 0.25) is 0 Å². The van der Waals surface area contributed by atoms with Crippen LogP contribution in [0.25, 0.3) is 17.1 Å². The fraction of sp³-hybridized carbons (Fsp3) is 0.273. The molecule has 0 aliphatic rings. The van der Waals surface area contributed by atoms with Crippen LogP contribution in [-0.4, -0.2) is 33.5 Å². The topological polar surface area (TPSA) is 88.9 Å². The molecule has 0 saturated carbocycles. The summed E-state index contributed by atoms with van der Waals surface area (Å²) >= 11 is 0. The number of carbonyl (C=O) groups is 1. The highest BCUT2D eigenvalue weighted by Gasteiger charge is 2.06. The van der Waals surface area contributed by atoms with Crippen molar-refractivity contribution in [2.45, 2.75) is 26.3 Å². The van der Waals surface area contributed by atoms with Crippen LogP contribution >= 0.6 is 0 Å². The first kappa shape index (κ1) is 20.4. The van der Waals surface area contributed by atoms with Crippen molar-refractivity contribution in [1.82, 2.24) is 25.2 Å². The number of nitrogens with zero attached hydrogens (tertiary/aromatic N) is 3. The number of rotatable bonds is 8. The van der Waals surface area contributed by atoms with E-state index in [-0.39, 0.29) is 11.5 Å². The summed E-state index contributed by atoms with van der Waals surface area (Å²) in [5.41, 5.74) is 2.62. The lowest BCUT2D eigenvalue weighted by Crippen LogP contribution is -2.30. The first-order chi connectivity index (χ1) is 14.0. The standard InChI is InChI=1S/C22H25N5O2/c1-16(2)18-5-6-20-19(12-18)22(29)27(15-26-20)11-7-21(28)25-10-9-24-14-17-4-3-8-23-13-17/h3-8,11-13,15-16,24H,9-10,14H2,1-2H3,(H,25,28)/b11-7+. The first-order valence-corrected chi connectivity index (χ1v) is 9.61. The summed E-state index contributed by atoms with van der Waals surface area (Å²) in [5, 5.41) is 6.56. The van der Waals surface area contributed by atoms with Crippen LogP contribution in [0, 0.1) is 0 Å². The Morgan fingerprint density at radius 3 is 2.86 bits per heavy atom. The predicted octanol–water partition coefficient (Wildman–Crippen LogP) is 2.29. The number of hydrogen-bond donors (Lipinski definition) is 2. The number of aromatic nitrogens is 3. The van der Waals surface area contributed by atoms with E-state index in [2.05, 4.69) is 34.4 Å². The zero-order chi connectivity index (χ0) is 20.6. The molecule has 7 heteroatoms. The molecule has 2 aromatic heterocycles. The molecule has 2 heterocycles. The van der Waals surface area contributed by atoms with Gasteiger partial charge in [-0.05, 0) is 35.2 Å². The molecule has 3 rings (SSSR count). The second kappa shape index (κ2) is 9.75. The molecule has 0 aliphatic carbocycles. The van der Waals surface area contributed by atoms with Gasteiger partial charge < -0.3 is 10.6 Å². The number of pyridine rings is 1. The maximum absolute atomic E-state index is 12.7. The van der Waals surface area contributed by atoms with Gasteiger partial charge in [-0.1, -0.05) is 26.0 Å². The van der Waals surface area contributed by atoms with Crippen LogP contribution in [-0.2, 0) is 11.3 Å². The van der Waals surface area contributed by atoms with Crippen LogP contribution in [0.3, 0.4) is 0 Å². The average molecular weight is 391 g/mol. The van der Waals surface area contributed by atoms with E-state index in [4.69, 9.17) is 0 Å². The summed E-state index contributed by atoms with van der Waals surface area (Å²) in [6.45, 7) is 5.95. The summed E-state index contributed by atoms with van der Waals surface area (Å²) in [7, 11) is 0. The molecular weight excluding hydrogens is 366 g/mol. The van der Waals surface area contributed by atoms with E-state index >= 15 is 0 Å². The number of amides is 1. The van der Waals surface area contributed by atoms with Crippen LogP contribution in [0.5, 0.6) is 0 Å². The third-order valence-electron chi connectivity index (χ3n) is 4.51. The highest BCUT2D eigenvalue weighted by Crippen LogP contribution is 2.17. The normalized spacial score (nSPS) is 11.4. The molecule has 3 aromatic rings. The lowest BCUT2D eigenvalue weighted by Gasteiger charge is -2.07. The van der Waals surface area contributed by atoms with Crippen molar-refractivity contribution in [2.75, 3.05) is 13.1 Å². The Kier molecular flexibility index (Phi) is 6.86. The van der Waals surface area contributed by atoms with Crippen molar-refractivity contribution in [2.24, 2.45) is 0 Å². The van der Waals surface area contributed by atoms with Gasteiger partial charge in [0.25, 0.3) is 5.56 Å². The molecular formula is C22H25N5O2. The zero-order valence-corrected chi connectivity index (χ0v) is 16.6. The molecule has 0 atom stereocenters. The molecule has 29 heavy (non-hydrogen) atoms. The van der Waals surface area contributed by atoms with Crippen molar-refractivity contribution in [1.29, 1.82) is 0 Å². The van der Waals surface area contributed by atoms with Crippen molar-refractivity contribution < 1.29 is 4.79 Å². The lowest BCUT2D eigenvalue weighted by molar-refractivity contribution is -0.116. The van der Waals surface area contributed by atoms with Gasteiger partial charge in [-0.25, -0.2) is 4.98 Å². The fourth-order valence-electron chi connectivity index (χ4n) is 2.84. The third-order valence-corrected chi connectivity index (χ3v) is 4.51. The third kappa shape index (κ3) is 5.58. The Morgan fingerprint density at radius 2 is 2.10 bits per heavy atom. The molecule has 0 radical (unpaired) electrons. The van der Waals surface area contributed by atoms with Gasteiger partial charge in [0, 0.05) is 44.3 Å². The van der Waals surface area contributed by atoms with Gasteiger partial charge in [-0.3, -0.25) is 19.1 Å². The van der Waals surface area contributed by atoms with Crippen LogP contribution in [0.1, 0.15) is 30.9 Å². The van der Waals surface area contributed by atoms with E-state index in [0.717, 1.165) is 11.1 Å². The minimum Gasteiger partial charge on any atom is -0.351 e. The molecule has 2 N–H and O–H groups in total. The molecule has 150 valence electrons. The summed E-state index contributed by atoms with van der Waals surface area (Å²) in [6, 6.07) is 9.58. The molecule has 7 nitrogen and oxygen atoms in total. The second-order valence-corrected chi connectivity index (χ2v) is 7.03. The number of benzene rings is 1. The van der Waals surface area contributed by atoms with E-state index in [1.54, 1.807) is 12.4 Å². The molecule has 0 unspecified atom stereocenters. The molecule has 0 saturated heterocycles. The summed E-state index contributed by atoms with van der Waals surface area (Å²) in [5.74, 6) is 0.0524. The summed E-state index contributed by atoms with van der Waals surface area (Å²) in [6.07, 6.45) is 7.74. The Labute approximate surface area is 169 Å². The van der Waals surface area contributed by atoms with Gasteiger partial charge in [0.05, 0.1) is 10.9 Å². The van der Waals surface area contributed by atoms with Crippen LogP contribution in [0.15, 0.2) is 59.9 Å². The minimum atomic E-state index is -0.267. The fourth-order valence-corrected chi connectivity index (χ4v) is 2.84. The zero-order valence-electron chi connectivity index (χ0n) is 16.6. The van der Waals surface area contributed by atoms with Gasteiger partial charge in [0.1, 0.15) is 6.33 Å². The second-order valence-electron chi connectivity index (χ2n) is 7.03. The highest BCUT2D eigenvalue weighted by molar-refractivity contribution is 5.90.